The Morgan fingerprint density at radius 3 is 2.74 bits per heavy atom. The van der Waals surface area contributed by atoms with E-state index in [0.717, 1.165) is 0 Å². The highest BCUT2D eigenvalue weighted by Crippen LogP contribution is 2.21. The lowest BCUT2D eigenvalue weighted by Gasteiger charge is -2.06. The van der Waals surface area contributed by atoms with Gasteiger partial charge >= 0.3 is 0 Å². The van der Waals surface area contributed by atoms with Gasteiger partial charge in [-0.1, -0.05) is 24.3 Å². The van der Waals surface area contributed by atoms with E-state index in [2.05, 4.69) is 9.97 Å². The van der Waals surface area contributed by atoms with Crippen molar-refractivity contribution in [3.05, 3.63) is 64.2 Å². The lowest BCUT2D eigenvalue weighted by Crippen LogP contribution is -2.10. The first-order valence-electron chi connectivity index (χ1n) is 5.91. The zero-order valence-corrected chi connectivity index (χ0v) is 10.3. The van der Waals surface area contributed by atoms with Crippen molar-refractivity contribution in [1.82, 2.24) is 9.97 Å². The molecular formula is C15H11FN2O. The Morgan fingerprint density at radius 2 is 1.89 bits per heavy atom. The van der Waals surface area contributed by atoms with Crippen LogP contribution in [0.15, 0.2) is 47.3 Å². The summed E-state index contributed by atoms with van der Waals surface area (Å²) in [5.41, 5.74) is 1.12. The van der Waals surface area contributed by atoms with Crippen molar-refractivity contribution in [2.75, 3.05) is 0 Å². The molecule has 3 aromatic rings. The number of para-hydroxylation sites is 1. The van der Waals surface area contributed by atoms with Gasteiger partial charge in [-0.15, -0.1) is 0 Å². The molecular weight excluding hydrogens is 243 g/mol. The smallest absolute Gasteiger partial charge is 0.259 e. The van der Waals surface area contributed by atoms with Crippen molar-refractivity contribution in [3.63, 3.8) is 0 Å². The summed E-state index contributed by atoms with van der Waals surface area (Å²) in [5, 5.41) is 0.499. The quantitative estimate of drug-likeness (QED) is 0.725. The normalized spacial score (nSPS) is 10.8. The second-order valence-corrected chi connectivity index (χ2v) is 4.37. The van der Waals surface area contributed by atoms with Gasteiger partial charge in [-0.2, -0.15) is 0 Å². The fourth-order valence-corrected chi connectivity index (χ4v) is 2.04. The fraction of sp³-hybridized carbons (Fsp3) is 0.0667. The van der Waals surface area contributed by atoms with Crippen molar-refractivity contribution in [2.24, 2.45) is 0 Å². The molecule has 0 atom stereocenters. The molecule has 0 aliphatic carbocycles. The molecule has 0 saturated carbocycles. The predicted molar refractivity (Wildman–Crippen MR) is 72.5 cm³/mol. The van der Waals surface area contributed by atoms with Crippen LogP contribution in [0.1, 0.15) is 5.56 Å². The summed E-state index contributed by atoms with van der Waals surface area (Å²) < 4.78 is 14.1. The topological polar surface area (TPSA) is 45.8 Å². The van der Waals surface area contributed by atoms with Gasteiger partial charge in [-0.3, -0.25) is 4.79 Å². The first-order valence-corrected chi connectivity index (χ1v) is 5.91. The number of H-pyrrole nitrogens is 1. The third-order valence-electron chi connectivity index (χ3n) is 3.06. The molecule has 0 unspecified atom stereocenters. The number of benzene rings is 2. The van der Waals surface area contributed by atoms with E-state index >= 15 is 0 Å². The van der Waals surface area contributed by atoms with Crippen molar-refractivity contribution in [2.45, 2.75) is 6.92 Å². The maximum absolute atomic E-state index is 14.1. The molecule has 1 N–H and O–H groups in total. The number of halogens is 1. The van der Waals surface area contributed by atoms with E-state index in [4.69, 9.17) is 0 Å². The number of hydrogen-bond donors (Lipinski definition) is 1. The van der Waals surface area contributed by atoms with E-state index in [-0.39, 0.29) is 17.2 Å². The van der Waals surface area contributed by atoms with Crippen LogP contribution in [0.5, 0.6) is 0 Å². The lowest BCUT2D eigenvalue weighted by atomic mass is 10.1. The summed E-state index contributed by atoms with van der Waals surface area (Å²) in [7, 11) is 0. The highest BCUT2D eigenvalue weighted by Gasteiger charge is 2.11. The van der Waals surface area contributed by atoms with Gasteiger partial charge < -0.3 is 4.98 Å². The van der Waals surface area contributed by atoms with Gasteiger partial charge in [0.1, 0.15) is 11.6 Å². The molecule has 3 nitrogen and oxygen atoms in total. The van der Waals surface area contributed by atoms with Crippen LogP contribution >= 0.6 is 0 Å². The van der Waals surface area contributed by atoms with Gasteiger partial charge in [0.05, 0.1) is 16.5 Å². The molecule has 0 aliphatic heterocycles. The van der Waals surface area contributed by atoms with E-state index in [1.54, 1.807) is 49.4 Å². The minimum Gasteiger partial charge on any atom is -0.306 e. The van der Waals surface area contributed by atoms with Crippen LogP contribution < -0.4 is 5.56 Å². The number of fused-ring (bicyclic) bond motifs is 1. The minimum absolute atomic E-state index is 0.255. The summed E-state index contributed by atoms with van der Waals surface area (Å²) in [6.07, 6.45) is 0. The molecule has 1 heterocycles. The first-order chi connectivity index (χ1) is 9.16. The van der Waals surface area contributed by atoms with Crippen LogP contribution in [0.3, 0.4) is 0 Å². The van der Waals surface area contributed by atoms with E-state index in [0.29, 0.717) is 22.0 Å². The average Bonchev–Trinajstić information content (AvgIpc) is 2.42. The molecule has 0 radical (unpaired) electrons. The minimum atomic E-state index is -0.360. The Labute approximate surface area is 108 Å². The highest BCUT2D eigenvalue weighted by atomic mass is 19.1. The van der Waals surface area contributed by atoms with E-state index in [1.165, 1.54) is 0 Å². The Bertz CT molecular complexity index is 824. The van der Waals surface area contributed by atoms with Gasteiger partial charge in [0, 0.05) is 0 Å². The summed E-state index contributed by atoms with van der Waals surface area (Å²) in [6, 6.07) is 12.0. The third-order valence-corrected chi connectivity index (χ3v) is 3.06. The summed E-state index contributed by atoms with van der Waals surface area (Å²) in [5.74, 6) is -0.106. The second kappa shape index (κ2) is 4.31. The molecule has 3 rings (SSSR count). The zero-order chi connectivity index (χ0) is 13.4. The summed E-state index contributed by atoms with van der Waals surface area (Å²) in [6.45, 7) is 1.68. The number of nitrogens with zero attached hydrogens (tertiary/aromatic N) is 1. The van der Waals surface area contributed by atoms with Crippen molar-refractivity contribution in [3.8, 4) is 11.4 Å². The van der Waals surface area contributed by atoms with E-state index in [9.17, 15) is 9.18 Å². The monoisotopic (exact) mass is 254 g/mol. The van der Waals surface area contributed by atoms with Gasteiger partial charge in [-0.05, 0) is 30.7 Å². The Morgan fingerprint density at radius 1 is 1.11 bits per heavy atom. The Balaban J connectivity index is 2.32. The molecule has 0 spiro atoms. The van der Waals surface area contributed by atoms with Crippen LogP contribution in [-0.2, 0) is 0 Å². The van der Waals surface area contributed by atoms with Crippen LogP contribution in [0.25, 0.3) is 22.3 Å². The number of aromatic amines is 1. The largest absolute Gasteiger partial charge is 0.306 e. The second-order valence-electron chi connectivity index (χ2n) is 4.37. The summed E-state index contributed by atoms with van der Waals surface area (Å²) in [4.78, 5) is 18.9. The van der Waals surface area contributed by atoms with Gasteiger partial charge in [0.2, 0.25) is 0 Å². The van der Waals surface area contributed by atoms with Gasteiger partial charge in [0.25, 0.3) is 5.56 Å². The zero-order valence-electron chi connectivity index (χ0n) is 10.3. The molecule has 0 saturated heterocycles. The molecule has 1 aromatic heterocycles. The van der Waals surface area contributed by atoms with Crippen molar-refractivity contribution >= 4 is 10.9 Å². The maximum Gasteiger partial charge on any atom is 0.259 e. The predicted octanol–water partition coefficient (Wildman–Crippen LogP) is 3.04. The highest BCUT2D eigenvalue weighted by molar-refractivity contribution is 5.79. The lowest BCUT2D eigenvalue weighted by molar-refractivity contribution is 0.621. The van der Waals surface area contributed by atoms with Crippen LogP contribution in [0, 0.1) is 12.7 Å². The van der Waals surface area contributed by atoms with E-state index in [1.807, 2.05) is 0 Å². The van der Waals surface area contributed by atoms with Crippen molar-refractivity contribution < 1.29 is 4.39 Å². The molecule has 0 bridgehead atoms. The fourth-order valence-electron chi connectivity index (χ4n) is 2.04. The summed E-state index contributed by atoms with van der Waals surface area (Å²) >= 11 is 0. The SMILES string of the molecule is Cc1cccc(-c2nc3ccccc3c(=O)[nH]2)c1F. The molecule has 0 amide bonds. The van der Waals surface area contributed by atoms with Crippen LogP contribution in [0.2, 0.25) is 0 Å². The number of aryl methyl sites for hydroxylation is 1. The molecule has 0 fully saturated rings. The number of aromatic nitrogens is 2. The van der Waals surface area contributed by atoms with Crippen LogP contribution in [-0.4, -0.2) is 9.97 Å². The van der Waals surface area contributed by atoms with Crippen LogP contribution in [0.4, 0.5) is 4.39 Å². The average molecular weight is 254 g/mol. The van der Waals surface area contributed by atoms with Gasteiger partial charge in [0.15, 0.2) is 0 Å². The van der Waals surface area contributed by atoms with Gasteiger partial charge in [-0.25, -0.2) is 9.37 Å². The first kappa shape index (κ1) is 11.6. The Kier molecular flexibility index (Phi) is 2.63. The van der Waals surface area contributed by atoms with E-state index < -0.39 is 0 Å². The maximum atomic E-state index is 14.1. The Hall–Kier alpha value is -2.49. The number of rotatable bonds is 1. The third kappa shape index (κ3) is 1.91. The molecule has 2 aromatic carbocycles. The molecule has 19 heavy (non-hydrogen) atoms. The molecule has 4 heteroatoms. The molecule has 94 valence electrons. The standard InChI is InChI=1S/C15H11FN2O/c1-9-5-4-7-11(13(9)16)14-17-12-8-3-2-6-10(12)15(19)18-14/h2-8H,1H3,(H,17,18,19). The van der Waals surface area contributed by atoms with Crippen molar-refractivity contribution in [1.29, 1.82) is 0 Å². The molecule has 0 aliphatic rings. The number of nitrogens with one attached hydrogen (secondary N) is 1. The number of hydrogen-bond acceptors (Lipinski definition) is 2.